The Kier molecular flexibility index (Phi) is 15.3. The number of nitrogens with one attached hydrogen (secondary N) is 2. The van der Waals surface area contributed by atoms with Gasteiger partial charge in [-0.15, -0.1) is 0 Å². The molecule has 13 nitrogen and oxygen atoms in total. The summed E-state index contributed by atoms with van der Waals surface area (Å²) in [6.45, 7) is 9.74. The molecule has 3 amide bonds. The summed E-state index contributed by atoms with van der Waals surface area (Å²) >= 11 is 0. The van der Waals surface area contributed by atoms with E-state index in [0.717, 1.165) is 70.1 Å². The van der Waals surface area contributed by atoms with Gasteiger partial charge in [-0.1, -0.05) is 61.7 Å². The molecule has 3 aromatic rings. The first-order chi connectivity index (χ1) is 29.3. The van der Waals surface area contributed by atoms with Crippen molar-refractivity contribution in [3.8, 4) is 17.2 Å². The first-order valence-corrected chi connectivity index (χ1v) is 22.1. The summed E-state index contributed by atoms with van der Waals surface area (Å²) in [6, 6.07) is 19.9. The van der Waals surface area contributed by atoms with Gasteiger partial charge in [0.05, 0.1) is 50.6 Å². The summed E-state index contributed by atoms with van der Waals surface area (Å²) in [7, 11) is 0. The molecule has 0 atom stereocenters. The smallest absolute Gasteiger partial charge is 0.262 e. The van der Waals surface area contributed by atoms with Gasteiger partial charge in [-0.2, -0.15) is 0 Å². The largest absolute Gasteiger partial charge is 0.506 e. The van der Waals surface area contributed by atoms with Crippen LogP contribution in [0, 0.1) is 0 Å². The van der Waals surface area contributed by atoms with E-state index in [-0.39, 0.29) is 41.7 Å². The number of rotatable bonds is 18. The first kappa shape index (κ1) is 43.4. The van der Waals surface area contributed by atoms with Crippen molar-refractivity contribution < 1.29 is 38.4 Å². The standard InChI is InChI=1S/C47H63N5O8/c1-2-58-41-14-7-6-13-39(41)46(56)51-27-30-60-47(34-51)20-24-50(25-21-47)32-36-10-8-9-35(31-36)18-28-57-29-19-43(55)52(38-11-4-3-5-12-38)26-23-48-22-17-37-15-16-40(53)44-45(37)59-33-42(54)49-44/h6-10,13-16,31,38,48,53H,2-5,11-12,17-30,32-34H2,1H3,(H,49,54). The molecule has 3 fully saturated rings. The number of carbonyl (C=O) groups excluding carboxylic acids is 3. The number of morpholine rings is 1. The van der Waals surface area contributed by atoms with Gasteiger partial charge in [0.25, 0.3) is 11.8 Å². The Labute approximate surface area is 354 Å². The molecule has 60 heavy (non-hydrogen) atoms. The van der Waals surface area contributed by atoms with E-state index in [1.165, 1.54) is 17.5 Å². The van der Waals surface area contributed by atoms with Gasteiger partial charge in [-0.05, 0) is 86.9 Å². The maximum absolute atomic E-state index is 13.6. The zero-order valence-electron chi connectivity index (χ0n) is 35.3. The number of likely N-dealkylation sites (tertiary alicyclic amines) is 1. The highest BCUT2D eigenvalue weighted by Crippen LogP contribution is 2.39. The number of phenols is 1. The summed E-state index contributed by atoms with van der Waals surface area (Å²) in [5.74, 6) is 1.03. The number of carbonyl (C=O) groups is 3. The first-order valence-electron chi connectivity index (χ1n) is 22.1. The molecule has 324 valence electrons. The van der Waals surface area contributed by atoms with Gasteiger partial charge in [-0.25, -0.2) is 0 Å². The van der Waals surface area contributed by atoms with Crippen LogP contribution in [0.5, 0.6) is 17.2 Å². The van der Waals surface area contributed by atoms with Crippen LogP contribution in [0.4, 0.5) is 5.69 Å². The number of nitrogens with zero attached hydrogens (tertiary/aromatic N) is 3. The number of hydrogen-bond donors (Lipinski definition) is 3. The van der Waals surface area contributed by atoms with Gasteiger partial charge in [0.1, 0.15) is 17.2 Å². The molecule has 0 unspecified atom stereocenters. The number of para-hydroxylation sites is 1. The van der Waals surface area contributed by atoms with Crippen molar-refractivity contribution in [2.24, 2.45) is 0 Å². The molecule has 2 saturated heterocycles. The summed E-state index contributed by atoms with van der Waals surface area (Å²) in [6.07, 6.45) is 9.19. The van der Waals surface area contributed by atoms with Gasteiger partial charge in [-0.3, -0.25) is 19.3 Å². The van der Waals surface area contributed by atoms with Gasteiger partial charge in [0.15, 0.2) is 12.4 Å². The Morgan fingerprint density at radius 2 is 1.78 bits per heavy atom. The lowest BCUT2D eigenvalue weighted by Crippen LogP contribution is -2.57. The molecule has 1 saturated carbocycles. The summed E-state index contributed by atoms with van der Waals surface area (Å²) < 4.78 is 23.8. The van der Waals surface area contributed by atoms with Gasteiger partial charge in [0, 0.05) is 45.3 Å². The number of amides is 3. The number of hydrogen-bond acceptors (Lipinski definition) is 10. The second kappa shape index (κ2) is 21.2. The highest BCUT2D eigenvalue weighted by Gasteiger charge is 2.41. The molecular weight excluding hydrogens is 763 g/mol. The SMILES string of the molecule is CCOc1ccccc1C(=O)N1CCOC2(CCN(Cc3cccc(CCOCCC(=O)N(CCNCCc4ccc(O)c5c4OCC(=O)N5)C4CCCCC4)c3)CC2)C1. The summed E-state index contributed by atoms with van der Waals surface area (Å²) in [4.78, 5) is 45.4. The number of ether oxygens (including phenoxy) is 4. The van der Waals surface area contributed by atoms with Crippen LogP contribution < -0.4 is 20.1 Å². The molecule has 13 heteroatoms. The van der Waals surface area contributed by atoms with Crippen LogP contribution in [-0.4, -0.2) is 128 Å². The predicted molar refractivity (Wildman–Crippen MR) is 230 cm³/mol. The van der Waals surface area contributed by atoms with Crippen LogP contribution in [0.1, 0.15) is 85.3 Å². The second-order valence-corrected chi connectivity index (χ2v) is 16.6. The lowest BCUT2D eigenvalue weighted by molar-refractivity contribution is -0.135. The summed E-state index contributed by atoms with van der Waals surface area (Å²) in [5, 5.41) is 16.3. The Morgan fingerprint density at radius 1 is 0.967 bits per heavy atom. The van der Waals surface area contributed by atoms with Crippen molar-refractivity contribution >= 4 is 23.4 Å². The van der Waals surface area contributed by atoms with Crippen LogP contribution in [-0.2, 0) is 38.4 Å². The Hall–Kier alpha value is -4.69. The quantitative estimate of drug-likeness (QED) is 0.110. The Bertz CT molecular complexity index is 1910. The topological polar surface area (TPSA) is 142 Å². The number of benzene rings is 3. The number of phenolic OH excluding ortho intramolecular Hbond substituents is 1. The van der Waals surface area contributed by atoms with Crippen LogP contribution in [0.25, 0.3) is 0 Å². The molecule has 0 aromatic heterocycles. The molecule has 7 rings (SSSR count). The van der Waals surface area contributed by atoms with Crippen molar-refractivity contribution in [2.75, 3.05) is 84.2 Å². The lowest BCUT2D eigenvalue weighted by atomic mass is 9.88. The van der Waals surface area contributed by atoms with Crippen molar-refractivity contribution in [3.63, 3.8) is 0 Å². The minimum Gasteiger partial charge on any atom is -0.506 e. The molecule has 1 spiro atoms. The van der Waals surface area contributed by atoms with Crippen molar-refractivity contribution in [3.05, 3.63) is 82.9 Å². The number of anilines is 1. The molecule has 3 aliphatic heterocycles. The second-order valence-electron chi connectivity index (χ2n) is 16.6. The average molecular weight is 826 g/mol. The van der Waals surface area contributed by atoms with Crippen LogP contribution >= 0.6 is 0 Å². The maximum Gasteiger partial charge on any atom is 0.262 e. The highest BCUT2D eigenvalue weighted by molar-refractivity contribution is 5.98. The van der Waals surface area contributed by atoms with E-state index in [1.807, 2.05) is 42.2 Å². The molecule has 1 aliphatic carbocycles. The van der Waals surface area contributed by atoms with E-state index in [1.54, 1.807) is 6.07 Å². The fourth-order valence-electron chi connectivity index (χ4n) is 9.13. The highest BCUT2D eigenvalue weighted by atomic mass is 16.5. The summed E-state index contributed by atoms with van der Waals surface area (Å²) in [5.41, 5.74) is 4.04. The Balaban J connectivity index is 0.815. The third-order valence-electron chi connectivity index (χ3n) is 12.4. The van der Waals surface area contributed by atoms with Crippen molar-refractivity contribution in [1.29, 1.82) is 0 Å². The minimum absolute atomic E-state index is 0.00550. The zero-order valence-corrected chi connectivity index (χ0v) is 35.3. The van der Waals surface area contributed by atoms with Crippen molar-refractivity contribution in [2.45, 2.75) is 89.3 Å². The molecule has 4 aliphatic rings. The van der Waals surface area contributed by atoms with Crippen LogP contribution in [0.15, 0.2) is 60.7 Å². The fourth-order valence-corrected chi connectivity index (χ4v) is 9.13. The number of piperidine rings is 1. The van der Waals surface area contributed by atoms with E-state index < -0.39 is 0 Å². The van der Waals surface area contributed by atoms with Gasteiger partial charge < -0.3 is 44.5 Å². The predicted octanol–water partition coefficient (Wildman–Crippen LogP) is 5.57. The molecule has 3 aromatic carbocycles. The maximum atomic E-state index is 13.6. The van der Waals surface area contributed by atoms with E-state index >= 15 is 0 Å². The molecule has 0 bridgehead atoms. The zero-order chi connectivity index (χ0) is 41.7. The number of fused-ring (bicyclic) bond motifs is 1. The van der Waals surface area contributed by atoms with E-state index in [4.69, 9.17) is 18.9 Å². The van der Waals surface area contributed by atoms with Gasteiger partial charge in [0.2, 0.25) is 5.91 Å². The number of aromatic hydroxyl groups is 1. The van der Waals surface area contributed by atoms with Crippen LogP contribution in [0.2, 0.25) is 0 Å². The molecule has 0 radical (unpaired) electrons. The third kappa shape index (κ3) is 11.4. The lowest BCUT2D eigenvalue weighted by Gasteiger charge is -2.47. The molecule has 3 heterocycles. The van der Waals surface area contributed by atoms with Gasteiger partial charge >= 0.3 is 0 Å². The fraction of sp³-hybridized carbons (Fsp3) is 0.553. The van der Waals surface area contributed by atoms with E-state index in [2.05, 4.69) is 44.7 Å². The van der Waals surface area contributed by atoms with E-state index in [0.29, 0.717) is 94.7 Å². The normalized spacial score (nSPS) is 18.1. The minimum atomic E-state index is -0.315. The molecular formula is C47H63N5O8. The van der Waals surface area contributed by atoms with E-state index in [9.17, 15) is 19.5 Å². The Morgan fingerprint density at radius 3 is 2.62 bits per heavy atom. The third-order valence-corrected chi connectivity index (χ3v) is 12.4. The average Bonchev–Trinajstić information content (AvgIpc) is 3.27. The molecule has 3 N–H and O–H groups in total. The monoisotopic (exact) mass is 825 g/mol. The van der Waals surface area contributed by atoms with Crippen molar-refractivity contribution in [1.82, 2.24) is 20.0 Å². The van der Waals surface area contributed by atoms with Crippen LogP contribution in [0.3, 0.4) is 0 Å².